The van der Waals surface area contributed by atoms with Gasteiger partial charge >= 0.3 is 0 Å². The van der Waals surface area contributed by atoms with Crippen LogP contribution in [0.3, 0.4) is 0 Å². The minimum absolute atomic E-state index is 0.165. The van der Waals surface area contributed by atoms with E-state index in [0.717, 1.165) is 12.8 Å². The molecule has 0 heterocycles. The monoisotopic (exact) mass is 202 g/mol. The second-order valence-electron chi connectivity index (χ2n) is 3.58. The molecule has 2 atom stereocenters. The first-order valence-electron chi connectivity index (χ1n) is 5.33. The van der Waals surface area contributed by atoms with Gasteiger partial charge in [-0.05, 0) is 12.8 Å². The molecule has 0 saturated heterocycles. The summed E-state index contributed by atoms with van der Waals surface area (Å²) in [6, 6.07) is -0.436. The van der Waals surface area contributed by atoms with E-state index in [1.807, 2.05) is 13.8 Å². The van der Waals surface area contributed by atoms with Crippen molar-refractivity contribution in [1.29, 1.82) is 0 Å². The van der Waals surface area contributed by atoms with E-state index in [9.17, 15) is 9.90 Å². The minimum atomic E-state index is -0.447. The fraction of sp³-hybridized carbons (Fsp3) is 0.900. The van der Waals surface area contributed by atoms with Crippen LogP contribution in [0.25, 0.3) is 0 Å². The molecule has 0 aliphatic carbocycles. The van der Waals surface area contributed by atoms with E-state index in [1.165, 1.54) is 0 Å². The maximum Gasteiger partial charge on any atom is 0.237 e. The molecule has 14 heavy (non-hydrogen) atoms. The molecule has 0 radical (unpaired) electrons. The van der Waals surface area contributed by atoms with Crippen LogP contribution in [0.5, 0.6) is 0 Å². The Morgan fingerprint density at radius 3 is 2.43 bits per heavy atom. The van der Waals surface area contributed by atoms with Crippen molar-refractivity contribution in [3.63, 3.8) is 0 Å². The number of nitrogens with one attached hydrogen (secondary N) is 1. The van der Waals surface area contributed by atoms with Crippen molar-refractivity contribution in [3.8, 4) is 0 Å². The highest BCUT2D eigenvalue weighted by Gasteiger charge is 2.12. The fourth-order valence-electron chi connectivity index (χ4n) is 1.23. The third-order valence-electron chi connectivity index (χ3n) is 2.07. The molecule has 4 heteroatoms. The Hall–Kier alpha value is -0.610. The molecule has 0 aromatic carbocycles. The average molecular weight is 202 g/mol. The summed E-state index contributed by atoms with van der Waals surface area (Å²) in [6.45, 7) is 4.29. The normalized spacial score (nSPS) is 14.9. The van der Waals surface area contributed by atoms with E-state index in [-0.39, 0.29) is 5.91 Å². The van der Waals surface area contributed by atoms with E-state index in [4.69, 9.17) is 5.73 Å². The third-order valence-corrected chi connectivity index (χ3v) is 2.07. The molecular formula is C10H22N2O2. The molecule has 0 spiro atoms. The van der Waals surface area contributed by atoms with Gasteiger partial charge in [-0.3, -0.25) is 4.79 Å². The van der Waals surface area contributed by atoms with Crippen molar-refractivity contribution in [2.45, 2.75) is 51.7 Å². The number of amides is 1. The second-order valence-corrected chi connectivity index (χ2v) is 3.58. The van der Waals surface area contributed by atoms with Crippen molar-refractivity contribution < 1.29 is 9.90 Å². The lowest BCUT2D eigenvalue weighted by Crippen LogP contribution is -2.43. The predicted molar refractivity (Wildman–Crippen MR) is 56.8 cm³/mol. The van der Waals surface area contributed by atoms with Crippen LogP contribution >= 0.6 is 0 Å². The molecule has 0 aliphatic rings. The highest BCUT2D eigenvalue weighted by atomic mass is 16.3. The minimum Gasteiger partial charge on any atom is -0.391 e. The summed E-state index contributed by atoms with van der Waals surface area (Å²) in [5, 5.41) is 12.0. The third kappa shape index (κ3) is 5.94. The summed E-state index contributed by atoms with van der Waals surface area (Å²) < 4.78 is 0. The van der Waals surface area contributed by atoms with Crippen molar-refractivity contribution >= 4 is 5.91 Å². The number of hydrogen-bond acceptors (Lipinski definition) is 3. The van der Waals surface area contributed by atoms with E-state index in [0.29, 0.717) is 19.4 Å². The van der Waals surface area contributed by atoms with Crippen LogP contribution in [-0.4, -0.2) is 29.7 Å². The van der Waals surface area contributed by atoms with E-state index >= 15 is 0 Å². The quantitative estimate of drug-likeness (QED) is 0.559. The molecule has 0 saturated carbocycles. The summed E-state index contributed by atoms with van der Waals surface area (Å²) in [6.07, 6.45) is 2.76. The number of hydrogen-bond donors (Lipinski definition) is 3. The van der Waals surface area contributed by atoms with Crippen LogP contribution in [-0.2, 0) is 4.79 Å². The molecule has 0 bridgehead atoms. The Morgan fingerprint density at radius 2 is 1.93 bits per heavy atom. The lowest BCUT2D eigenvalue weighted by Gasteiger charge is -2.14. The lowest BCUT2D eigenvalue weighted by molar-refractivity contribution is -0.123. The maximum absolute atomic E-state index is 11.3. The Balaban J connectivity index is 3.61. The van der Waals surface area contributed by atoms with Crippen LogP contribution in [0.1, 0.15) is 39.5 Å². The highest BCUT2D eigenvalue weighted by Crippen LogP contribution is 1.96. The fourth-order valence-corrected chi connectivity index (χ4v) is 1.23. The zero-order chi connectivity index (χ0) is 11.0. The predicted octanol–water partition coefficient (Wildman–Crippen LogP) is 0.391. The molecule has 2 unspecified atom stereocenters. The van der Waals surface area contributed by atoms with Crippen molar-refractivity contribution in [3.05, 3.63) is 0 Å². The smallest absolute Gasteiger partial charge is 0.237 e. The number of carbonyl (C=O) groups is 1. The van der Waals surface area contributed by atoms with Gasteiger partial charge in [0.05, 0.1) is 12.1 Å². The van der Waals surface area contributed by atoms with E-state index in [1.54, 1.807) is 0 Å². The summed E-state index contributed by atoms with van der Waals surface area (Å²) in [4.78, 5) is 11.3. The lowest BCUT2D eigenvalue weighted by atomic mass is 10.1. The highest BCUT2D eigenvalue weighted by molar-refractivity contribution is 5.81. The molecule has 0 aromatic rings. The van der Waals surface area contributed by atoms with Gasteiger partial charge in [0.15, 0.2) is 0 Å². The van der Waals surface area contributed by atoms with Crippen LogP contribution < -0.4 is 11.1 Å². The van der Waals surface area contributed by atoms with Gasteiger partial charge in [-0.1, -0.05) is 26.7 Å². The first-order valence-corrected chi connectivity index (χ1v) is 5.33. The molecule has 4 nitrogen and oxygen atoms in total. The molecule has 0 aromatic heterocycles. The van der Waals surface area contributed by atoms with Gasteiger partial charge in [-0.15, -0.1) is 0 Å². The zero-order valence-electron chi connectivity index (χ0n) is 9.12. The maximum atomic E-state index is 11.3. The largest absolute Gasteiger partial charge is 0.391 e. The Kier molecular flexibility index (Phi) is 7.42. The van der Waals surface area contributed by atoms with Crippen LogP contribution in [0, 0.1) is 0 Å². The van der Waals surface area contributed by atoms with Gasteiger partial charge in [0, 0.05) is 6.54 Å². The summed E-state index contributed by atoms with van der Waals surface area (Å²) in [7, 11) is 0. The van der Waals surface area contributed by atoms with Gasteiger partial charge in [-0.2, -0.15) is 0 Å². The van der Waals surface area contributed by atoms with Gasteiger partial charge in [0.2, 0.25) is 5.91 Å². The summed E-state index contributed by atoms with van der Waals surface area (Å²) >= 11 is 0. The molecule has 84 valence electrons. The van der Waals surface area contributed by atoms with Crippen molar-refractivity contribution in [2.24, 2.45) is 5.73 Å². The van der Waals surface area contributed by atoms with Crippen LogP contribution in [0.4, 0.5) is 0 Å². The zero-order valence-corrected chi connectivity index (χ0v) is 9.12. The van der Waals surface area contributed by atoms with Gasteiger partial charge in [0.25, 0.3) is 0 Å². The molecule has 0 aliphatic heterocycles. The SMILES string of the molecule is CCCC(O)CNC(=O)C(N)CCC. The molecule has 4 N–H and O–H groups in total. The Bertz CT molecular complexity index is 162. The number of nitrogens with two attached hydrogens (primary N) is 1. The van der Waals surface area contributed by atoms with Crippen LogP contribution in [0.15, 0.2) is 0 Å². The number of carbonyl (C=O) groups excluding carboxylic acids is 1. The Labute approximate surface area is 85.9 Å². The summed E-state index contributed by atoms with van der Waals surface area (Å²) in [5.74, 6) is -0.165. The topological polar surface area (TPSA) is 75.3 Å². The molecule has 1 amide bonds. The number of aliphatic hydroxyl groups excluding tert-OH is 1. The van der Waals surface area contributed by atoms with Gasteiger partial charge in [-0.25, -0.2) is 0 Å². The first kappa shape index (κ1) is 13.4. The van der Waals surface area contributed by atoms with Gasteiger partial charge in [0.1, 0.15) is 0 Å². The van der Waals surface area contributed by atoms with Crippen LogP contribution in [0.2, 0.25) is 0 Å². The van der Waals surface area contributed by atoms with E-state index < -0.39 is 12.1 Å². The average Bonchev–Trinajstić information content (AvgIpc) is 2.15. The van der Waals surface area contributed by atoms with Crippen molar-refractivity contribution in [2.75, 3.05) is 6.54 Å². The molecular weight excluding hydrogens is 180 g/mol. The Morgan fingerprint density at radius 1 is 1.36 bits per heavy atom. The standard InChI is InChI=1S/C10H22N2O2/c1-3-5-8(13)7-12-10(14)9(11)6-4-2/h8-9,13H,3-7,11H2,1-2H3,(H,12,14). The van der Waals surface area contributed by atoms with Gasteiger partial charge < -0.3 is 16.2 Å². The molecule has 0 rings (SSSR count). The first-order chi connectivity index (χ1) is 6.61. The van der Waals surface area contributed by atoms with E-state index in [2.05, 4.69) is 5.32 Å². The summed E-state index contributed by atoms with van der Waals surface area (Å²) in [5.41, 5.74) is 5.59. The number of aliphatic hydroxyl groups is 1. The number of rotatable bonds is 7. The molecule has 0 fully saturated rings. The second kappa shape index (κ2) is 7.76. The van der Waals surface area contributed by atoms with Crippen molar-refractivity contribution in [1.82, 2.24) is 5.32 Å².